The van der Waals surface area contributed by atoms with Crippen molar-refractivity contribution in [1.82, 2.24) is 0 Å². The molecule has 2 heterocycles. The Morgan fingerprint density at radius 1 is 1.24 bits per heavy atom. The first-order valence-electron chi connectivity index (χ1n) is 8.69. The van der Waals surface area contributed by atoms with E-state index in [0.29, 0.717) is 5.41 Å². The maximum Gasteiger partial charge on any atom is 0.139 e. The standard InChI is InChI=1S/C18H32N2O/c1-5-17(2)15-18(10-14-21-17)9-8-13-20(16-18)12-7-6-11-19(3)4/h5,8-16H2,1-4H3/p+2. The van der Waals surface area contributed by atoms with Crippen molar-refractivity contribution in [3.05, 3.63) is 0 Å². The molecule has 120 valence electrons. The van der Waals surface area contributed by atoms with Gasteiger partial charge in [0.2, 0.25) is 0 Å². The predicted octanol–water partition coefficient (Wildman–Crippen LogP) is -0.221. The van der Waals surface area contributed by atoms with Crippen LogP contribution in [-0.2, 0) is 4.74 Å². The van der Waals surface area contributed by atoms with Crippen molar-refractivity contribution < 1.29 is 14.5 Å². The van der Waals surface area contributed by atoms with Gasteiger partial charge in [-0.15, -0.1) is 0 Å². The summed E-state index contributed by atoms with van der Waals surface area (Å²) >= 11 is 0. The van der Waals surface area contributed by atoms with Crippen LogP contribution in [0.2, 0.25) is 0 Å². The molecule has 2 fully saturated rings. The van der Waals surface area contributed by atoms with Crippen molar-refractivity contribution in [1.29, 1.82) is 0 Å². The first kappa shape index (κ1) is 16.8. The molecule has 2 aliphatic rings. The Morgan fingerprint density at radius 2 is 2.05 bits per heavy atom. The van der Waals surface area contributed by atoms with E-state index < -0.39 is 0 Å². The van der Waals surface area contributed by atoms with Gasteiger partial charge < -0.3 is 14.5 Å². The monoisotopic (exact) mass is 294 g/mol. The lowest BCUT2D eigenvalue weighted by atomic mass is 9.68. The molecule has 3 nitrogen and oxygen atoms in total. The molecule has 3 atom stereocenters. The molecule has 0 amide bonds. The summed E-state index contributed by atoms with van der Waals surface area (Å²) in [6, 6.07) is 0. The molecule has 3 heteroatoms. The summed E-state index contributed by atoms with van der Waals surface area (Å²) in [6.45, 7) is 10.1. The lowest BCUT2D eigenvalue weighted by Gasteiger charge is -2.48. The number of piperidine rings is 1. The number of nitrogens with one attached hydrogen (secondary N) is 2. The van der Waals surface area contributed by atoms with E-state index in [2.05, 4.69) is 39.8 Å². The van der Waals surface area contributed by atoms with Crippen LogP contribution < -0.4 is 9.80 Å². The fourth-order valence-electron chi connectivity index (χ4n) is 4.04. The van der Waals surface area contributed by atoms with Crippen molar-refractivity contribution in [3.8, 4) is 11.8 Å². The minimum atomic E-state index is 0.112. The highest BCUT2D eigenvalue weighted by atomic mass is 16.5. The fourth-order valence-corrected chi connectivity index (χ4v) is 4.04. The van der Waals surface area contributed by atoms with E-state index >= 15 is 0 Å². The number of rotatable bonds is 3. The molecule has 3 unspecified atom stereocenters. The van der Waals surface area contributed by atoms with E-state index in [1.54, 1.807) is 4.90 Å². The van der Waals surface area contributed by atoms with Crippen LogP contribution in [-0.4, -0.2) is 52.5 Å². The van der Waals surface area contributed by atoms with Gasteiger partial charge in [-0.3, -0.25) is 0 Å². The second-order valence-corrected chi connectivity index (χ2v) is 7.77. The molecule has 2 aliphatic heterocycles. The summed E-state index contributed by atoms with van der Waals surface area (Å²) in [5.41, 5.74) is 0.631. The largest absolute Gasteiger partial charge is 0.375 e. The molecular formula is C18H34N2O+2. The Labute approximate surface area is 131 Å². The lowest BCUT2D eigenvalue weighted by Crippen LogP contribution is -3.14. The van der Waals surface area contributed by atoms with E-state index in [9.17, 15) is 0 Å². The van der Waals surface area contributed by atoms with Crippen LogP contribution in [0.1, 0.15) is 46.0 Å². The molecule has 2 N–H and O–H groups in total. The smallest absolute Gasteiger partial charge is 0.139 e. The highest BCUT2D eigenvalue weighted by Crippen LogP contribution is 2.43. The van der Waals surface area contributed by atoms with Crippen molar-refractivity contribution in [2.75, 3.05) is 46.9 Å². The molecule has 21 heavy (non-hydrogen) atoms. The van der Waals surface area contributed by atoms with Gasteiger partial charge in [0.05, 0.1) is 32.8 Å². The molecule has 0 aromatic heterocycles. The summed E-state index contributed by atoms with van der Waals surface area (Å²) in [5, 5.41) is 0. The Balaban J connectivity index is 1.91. The summed E-state index contributed by atoms with van der Waals surface area (Å²) in [4.78, 5) is 3.11. The Bertz CT molecular complexity index is 394. The van der Waals surface area contributed by atoms with Crippen molar-refractivity contribution in [2.24, 2.45) is 5.41 Å². The summed E-state index contributed by atoms with van der Waals surface area (Å²) in [6.07, 6.45) is 6.38. The van der Waals surface area contributed by atoms with E-state index in [-0.39, 0.29) is 5.60 Å². The van der Waals surface area contributed by atoms with Crippen LogP contribution >= 0.6 is 0 Å². The summed E-state index contributed by atoms with van der Waals surface area (Å²) < 4.78 is 6.06. The zero-order valence-corrected chi connectivity index (χ0v) is 14.5. The van der Waals surface area contributed by atoms with Gasteiger partial charge in [-0.25, -0.2) is 0 Å². The number of ether oxygens (including phenoxy) is 1. The summed E-state index contributed by atoms with van der Waals surface area (Å²) in [7, 11) is 4.32. The zero-order chi connectivity index (χ0) is 15.3. The quantitative estimate of drug-likeness (QED) is 0.689. The van der Waals surface area contributed by atoms with E-state index in [4.69, 9.17) is 4.74 Å². The van der Waals surface area contributed by atoms with Gasteiger partial charge in [0.1, 0.15) is 13.1 Å². The SMILES string of the molecule is CCC1(C)CC2(CCC[NH+](CC#CC[NH+](C)C)C2)CCO1. The third-order valence-corrected chi connectivity index (χ3v) is 5.35. The average Bonchev–Trinajstić information content (AvgIpc) is 2.43. The topological polar surface area (TPSA) is 18.1 Å². The van der Waals surface area contributed by atoms with E-state index in [1.807, 2.05) is 0 Å². The minimum absolute atomic E-state index is 0.112. The van der Waals surface area contributed by atoms with Gasteiger partial charge in [0.15, 0.2) is 0 Å². The second kappa shape index (κ2) is 7.13. The lowest BCUT2D eigenvalue weighted by molar-refractivity contribution is -0.906. The zero-order valence-electron chi connectivity index (χ0n) is 14.5. The maximum absolute atomic E-state index is 6.06. The van der Waals surface area contributed by atoms with Crippen LogP contribution in [0, 0.1) is 17.3 Å². The van der Waals surface area contributed by atoms with Crippen molar-refractivity contribution in [2.45, 2.75) is 51.6 Å². The third-order valence-electron chi connectivity index (χ3n) is 5.35. The van der Waals surface area contributed by atoms with Gasteiger partial charge in [-0.2, -0.15) is 0 Å². The first-order chi connectivity index (χ1) is 9.97. The number of quaternary nitrogens is 2. The molecule has 0 aromatic rings. The fraction of sp³-hybridized carbons (Fsp3) is 0.889. The van der Waals surface area contributed by atoms with Crippen LogP contribution in [0.5, 0.6) is 0 Å². The number of hydrogen-bond acceptors (Lipinski definition) is 1. The first-order valence-corrected chi connectivity index (χ1v) is 8.69. The second-order valence-electron chi connectivity index (χ2n) is 7.77. The molecule has 0 aliphatic carbocycles. The Morgan fingerprint density at radius 3 is 2.76 bits per heavy atom. The van der Waals surface area contributed by atoms with Crippen LogP contribution in [0.4, 0.5) is 0 Å². The van der Waals surface area contributed by atoms with Crippen molar-refractivity contribution >= 4 is 0 Å². The van der Waals surface area contributed by atoms with Gasteiger partial charge in [-0.1, -0.05) is 6.92 Å². The molecular weight excluding hydrogens is 260 g/mol. The van der Waals surface area contributed by atoms with Crippen LogP contribution in [0.3, 0.4) is 0 Å². The third kappa shape index (κ3) is 4.71. The molecule has 0 aromatic carbocycles. The molecule has 0 bridgehead atoms. The highest BCUT2D eigenvalue weighted by molar-refractivity contribution is 4.99. The van der Waals surface area contributed by atoms with E-state index in [0.717, 1.165) is 26.1 Å². The van der Waals surface area contributed by atoms with Gasteiger partial charge >= 0.3 is 0 Å². The predicted molar refractivity (Wildman–Crippen MR) is 86.6 cm³/mol. The Kier molecular flexibility index (Phi) is 5.71. The maximum atomic E-state index is 6.06. The van der Waals surface area contributed by atoms with Crippen LogP contribution in [0.15, 0.2) is 0 Å². The molecule has 0 saturated carbocycles. The summed E-state index contributed by atoms with van der Waals surface area (Å²) in [5.74, 6) is 6.72. The minimum Gasteiger partial charge on any atom is -0.375 e. The van der Waals surface area contributed by atoms with Gasteiger partial charge in [0.25, 0.3) is 0 Å². The molecule has 2 rings (SSSR count). The molecule has 2 saturated heterocycles. The van der Waals surface area contributed by atoms with Gasteiger partial charge in [0, 0.05) is 12.0 Å². The number of likely N-dealkylation sites (tertiary alicyclic amines) is 1. The highest BCUT2D eigenvalue weighted by Gasteiger charge is 2.46. The van der Waals surface area contributed by atoms with Crippen molar-refractivity contribution in [3.63, 3.8) is 0 Å². The van der Waals surface area contributed by atoms with E-state index in [1.165, 1.54) is 43.7 Å². The molecule has 0 radical (unpaired) electrons. The Hall–Kier alpha value is -0.560. The normalized spacial score (nSPS) is 36.5. The molecule has 1 spiro atoms. The average molecular weight is 294 g/mol. The van der Waals surface area contributed by atoms with Crippen LogP contribution in [0.25, 0.3) is 0 Å². The number of hydrogen-bond donors (Lipinski definition) is 2. The van der Waals surface area contributed by atoms with Gasteiger partial charge in [-0.05, 0) is 50.9 Å².